The Balaban J connectivity index is 1.71. The van der Waals surface area contributed by atoms with Gasteiger partial charge >= 0.3 is 0 Å². The number of phenols is 1. The Labute approximate surface area is 122 Å². The number of hydrogen-bond acceptors (Lipinski definition) is 4. The average Bonchev–Trinajstić information content (AvgIpc) is 2.82. The highest BCUT2D eigenvalue weighted by Gasteiger charge is 2.81. The molecule has 1 unspecified atom stereocenters. The molecule has 1 N–H and O–H groups in total. The van der Waals surface area contributed by atoms with E-state index >= 15 is 0 Å². The van der Waals surface area contributed by atoms with Crippen LogP contribution in [-0.4, -0.2) is 40.5 Å². The molecule has 108 valence electrons. The van der Waals surface area contributed by atoms with Crippen LogP contribution in [0.1, 0.15) is 30.4 Å². The number of carbonyl (C=O) groups is 1. The van der Waals surface area contributed by atoms with E-state index in [1.54, 1.807) is 6.07 Å². The van der Waals surface area contributed by atoms with Crippen molar-refractivity contribution < 1.29 is 14.6 Å². The monoisotopic (exact) mass is 283 g/mol. The fourth-order valence-electron chi connectivity index (χ4n) is 6.47. The van der Waals surface area contributed by atoms with Crippen LogP contribution in [0.15, 0.2) is 12.1 Å². The lowest BCUT2D eigenvalue weighted by atomic mass is 9.59. The Hall–Kier alpha value is -1.55. The molecule has 3 aliphatic carbocycles. The maximum Gasteiger partial charge on any atom is 0.174 e. The van der Waals surface area contributed by atoms with Crippen molar-refractivity contribution in [2.24, 2.45) is 5.92 Å². The zero-order chi connectivity index (χ0) is 14.1. The maximum absolute atomic E-state index is 12.5. The zero-order valence-electron chi connectivity index (χ0n) is 11.9. The van der Waals surface area contributed by atoms with Crippen LogP contribution in [0.25, 0.3) is 0 Å². The van der Waals surface area contributed by atoms with Gasteiger partial charge in [-0.2, -0.15) is 0 Å². The topological polar surface area (TPSA) is 49.5 Å². The molecule has 2 saturated carbocycles. The van der Waals surface area contributed by atoms with Crippen LogP contribution in [0.5, 0.6) is 11.5 Å². The molecule has 6 rings (SSSR count). The van der Waals surface area contributed by atoms with Crippen LogP contribution in [0.4, 0.5) is 0 Å². The smallest absolute Gasteiger partial charge is 0.174 e. The van der Waals surface area contributed by atoms with E-state index < -0.39 is 0 Å². The van der Waals surface area contributed by atoms with Crippen molar-refractivity contribution in [2.75, 3.05) is 7.05 Å². The highest BCUT2D eigenvalue weighted by Crippen LogP contribution is 2.74. The largest absolute Gasteiger partial charge is 0.504 e. The number of likely N-dealkylation sites (N-methyl/N-ethyl adjacent to an activating group) is 1. The molecule has 4 nitrogen and oxygen atoms in total. The number of ketones is 1. The standard InChI is InChI=1S/C17H17NO3/c1-18-14-9-3-5-11(20)15-17(9)7-16(14,18)6-8-2-4-10(19)13(21-15)12(8)17/h2,4,9,14-15,19H,3,5-7H2,1H3/t9-,14-,15-,16+,17-,18?/m0/s1. The van der Waals surface area contributed by atoms with Gasteiger partial charge in [0.15, 0.2) is 23.4 Å². The van der Waals surface area contributed by atoms with Crippen molar-refractivity contribution in [1.29, 1.82) is 0 Å². The fourth-order valence-corrected chi connectivity index (χ4v) is 6.47. The van der Waals surface area contributed by atoms with Gasteiger partial charge < -0.3 is 9.84 Å². The van der Waals surface area contributed by atoms with Crippen LogP contribution >= 0.6 is 0 Å². The summed E-state index contributed by atoms with van der Waals surface area (Å²) in [5.74, 6) is 1.55. The number of aromatic hydroxyl groups is 1. The van der Waals surface area contributed by atoms with Crippen molar-refractivity contribution in [3.8, 4) is 11.5 Å². The fraction of sp³-hybridized carbons (Fsp3) is 0.588. The van der Waals surface area contributed by atoms with Gasteiger partial charge in [0.05, 0.1) is 0 Å². The zero-order valence-corrected chi connectivity index (χ0v) is 11.9. The minimum absolute atomic E-state index is 0.145. The van der Waals surface area contributed by atoms with Crippen molar-refractivity contribution in [3.63, 3.8) is 0 Å². The molecule has 2 heterocycles. The summed E-state index contributed by atoms with van der Waals surface area (Å²) in [5.41, 5.74) is 2.58. The summed E-state index contributed by atoms with van der Waals surface area (Å²) in [6.45, 7) is 0. The second-order valence-corrected chi connectivity index (χ2v) is 7.61. The molecular formula is C17H17NO3. The average molecular weight is 283 g/mol. The molecule has 21 heavy (non-hydrogen) atoms. The van der Waals surface area contributed by atoms with Gasteiger partial charge in [-0.1, -0.05) is 6.07 Å². The molecule has 0 radical (unpaired) electrons. The van der Waals surface area contributed by atoms with Crippen LogP contribution < -0.4 is 4.74 Å². The lowest BCUT2D eigenvalue weighted by Gasteiger charge is -2.45. The number of hydrogen-bond donors (Lipinski definition) is 1. The Morgan fingerprint density at radius 2 is 2.29 bits per heavy atom. The number of carbonyl (C=O) groups excluding carboxylic acids is 1. The van der Waals surface area contributed by atoms with Crippen molar-refractivity contribution >= 4 is 5.78 Å². The summed E-state index contributed by atoms with van der Waals surface area (Å²) in [6, 6.07) is 4.38. The van der Waals surface area contributed by atoms with Crippen LogP contribution in [0.3, 0.4) is 0 Å². The highest BCUT2D eigenvalue weighted by atomic mass is 16.5. The lowest BCUT2D eigenvalue weighted by molar-refractivity contribution is -0.133. The van der Waals surface area contributed by atoms with Gasteiger partial charge in [0.1, 0.15) is 0 Å². The number of rotatable bonds is 0. The number of benzene rings is 1. The van der Waals surface area contributed by atoms with Gasteiger partial charge in [0, 0.05) is 29.0 Å². The number of likely N-dealkylation sites (tertiary alicyclic amines) is 1. The summed E-state index contributed by atoms with van der Waals surface area (Å²) in [6.07, 6.45) is 3.33. The number of nitrogens with zero attached hydrogens (tertiary/aromatic N) is 1. The van der Waals surface area contributed by atoms with E-state index in [0.717, 1.165) is 19.3 Å². The molecule has 5 aliphatic rings. The Morgan fingerprint density at radius 1 is 1.43 bits per heavy atom. The second-order valence-electron chi connectivity index (χ2n) is 7.61. The summed E-state index contributed by atoms with van der Waals surface area (Å²) in [7, 11) is 2.23. The van der Waals surface area contributed by atoms with Gasteiger partial charge in [-0.25, -0.2) is 0 Å². The van der Waals surface area contributed by atoms with Crippen LogP contribution in [0.2, 0.25) is 0 Å². The molecular weight excluding hydrogens is 266 g/mol. The summed E-state index contributed by atoms with van der Waals surface area (Å²) in [4.78, 5) is 15.0. The SMILES string of the molecule is CN1[C@H]2[C@@H]3CCC(=O)[C@@H]4Oc5c(O)ccc6c5[C@@]43C[C@]21C6. The van der Waals surface area contributed by atoms with Gasteiger partial charge in [0.25, 0.3) is 0 Å². The van der Waals surface area contributed by atoms with Gasteiger partial charge in [-0.3, -0.25) is 9.69 Å². The predicted octanol–water partition coefficient (Wildman–Crippen LogP) is 1.38. The number of phenolic OH excluding ortho intramolecular Hbond substituents is 1. The van der Waals surface area contributed by atoms with Crippen molar-refractivity contribution in [1.82, 2.24) is 4.90 Å². The van der Waals surface area contributed by atoms with Crippen molar-refractivity contribution in [2.45, 2.75) is 48.8 Å². The van der Waals surface area contributed by atoms with Crippen molar-refractivity contribution in [3.05, 3.63) is 23.3 Å². The number of piperidine rings is 1. The molecule has 1 aromatic rings. The predicted molar refractivity (Wildman–Crippen MR) is 74.5 cm³/mol. The number of fused-ring (bicyclic) bond motifs is 1. The van der Waals surface area contributed by atoms with Crippen LogP contribution in [0, 0.1) is 5.92 Å². The summed E-state index contributed by atoms with van der Waals surface area (Å²) in [5, 5.41) is 10.2. The Bertz CT molecular complexity index is 744. The lowest BCUT2D eigenvalue weighted by Crippen LogP contribution is -2.54. The van der Waals surface area contributed by atoms with E-state index in [0.29, 0.717) is 24.1 Å². The maximum atomic E-state index is 12.5. The van der Waals surface area contributed by atoms with E-state index in [4.69, 9.17) is 4.74 Å². The van der Waals surface area contributed by atoms with Gasteiger partial charge in [-0.15, -0.1) is 0 Å². The molecule has 3 fully saturated rings. The quantitative estimate of drug-likeness (QED) is 0.731. The molecule has 1 aromatic carbocycles. The minimum Gasteiger partial charge on any atom is -0.504 e. The first-order valence-electron chi connectivity index (χ1n) is 7.87. The van der Waals surface area contributed by atoms with E-state index in [9.17, 15) is 9.90 Å². The molecule has 0 amide bonds. The third-order valence-electron chi connectivity index (χ3n) is 7.13. The second kappa shape index (κ2) is 2.84. The molecule has 4 heteroatoms. The third-order valence-corrected chi connectivity index (χ3v) is 7.13. The first-order valence-corrected chi connectivity index (χ1v) is 7.87. The van der Waals surface area contributed by atoms with Gasteiger partial charge in [0.2, 0.25) is 0 Å². The summed E-state index contributed by atoms with van der Waals surface area (Å²) < 4.78 is 6.05. The van der Waals surface area contributed by atoms with E-state index in [2.05, 4.69) is 11.9 Å². The molecule has 0 aromatic heterocycles. The normalized spacial score (nSPS) is 50.4. The minimum atomic E-state index is -0.350. The molecule has 2 bridgehead atoms. The molecule has 1 saturated heterocycles. The first kappa shape index (κ1) is 11.1. The first-order chi connectivity index (χ1) is 10.1. The molecule has 6 atom stereocenters. The van der Waals surface area contributed by atoms with E-state index in [-0.39, 0.29) is 28.6 Å². The third kappa shape index (κ3) is 0.877. The summed E-state index contributed by atoms with van der Waals surface area (Å²) >= 11 is 0. The molecule has 2 spiro atoms. The van der Waals surface area contributed by atoms with E-state index in [1.165, 1.54) is 11.1 Å². The number of Topliss-reactive ketones (excluding diaryl/α,β-unsaturated/α-hetero) is 1. The molecule has 2 aliphatic heterocycles. The Kier molecular flexibility index (Phi) is 1.50. The van der Waals surface area contributed by atoms with Gasteiger partial charge in [-0.05, 0) is 43.9 Å². The Morgan fingerprint density at radius 3 is 3.14 bits per heavy atom. The van der Waals surface area contributed by atoms with E-state index in [1.807, 2.05) is 6.07 Å². The van der Waals surface area contributed by atoms with Crippen LogP contribution in [-0.2, 0) is 16.6 Å². The highest BCUT2D eigenvalue weighted by molar-refractivity contribution is 5.89. The number of ether oxygens (including phenoxy) is 1.